The number of hydrogen-bond acceptors (Lipinski definition) is 2. The van der Waals surface area contributed by atoms with Crippen LogP contribution < -0.4 is 5.43 Å². The van der Waals surface area contributed by atoms with Gasteiger partial charge in [-0.15, -0.1) is 0 Å². The summed E-state index contributed by atoms with van der Waals surface area (Å²) in [7, 11) is 0. The Kier molecular flexibility index (Phi) is 4.70. The maximum atomic E-state index is 6.07. The van der Waals surface area contributed by atoms with Crippen LogP contribution in [0.3, 0.4) is 0 Å². The van der Waals surface area contributed by atoms with Crippen molar-refractivity contribution in [1.82, 2.24) is 0 Å². The van der Waals surface area contributed by atoms with Gasteiger partial charge in [-0.3, -0.25) is 5.43 Å². The maximum absolute atomic E-state index is 6.07. The van der Waals surface area contributed by atoms with Crippen molar-refractivity contribution in [3.8, 4) is 0 Å². The Bertz CT molecular complexity index is 607. The molecule has 2 aromatic carbocycles. The summed E-state index contributed by atoms with van der Waals surface area (Å²) in [5.74, 6) is 0. The Labute approximate surface area is 127 Å². The normalized spacial score (nSPS) is 10.9. The number of hydrazone groups is 1. The number of nitrogens with zero attached hydrogens (tertiary/aromatic N) is 1. The summed E-state index contributed by atoms with van der Waals surface area (Å²) in [6.45, 7) is 2.03. The van der Waals surface area contributed by atoms with E-state index in [1.54, 1.807) is 18.3 Å². The third-order valence-electron chi connectivity index (χ3n) is 2.52. The van der Waals surface area contributed by atoms with Gasteiger partial charge >= 0.3 is 0 Å². The Morgan fingerprint density at radius 2 is 1.58 bits per heavy atom. The van der Waals surface area contributed by atoms with Crippen LogP contribution in [0, 0.1) is 6.92 Å². The van der Waals surface area contributed by atoms with E-state index in [4.69, 9.17) is 34.8 Å². The first-order valence-electron chi connectivity index (χ1n) is 5.57. The Morgan fingerprint density at radius 3 is 2.26 bits per heavy atom. The minimum Gasteiger partial charge on any atom is -0.279 e. The van der Waals surface area contributed by atoms with E-state index < -0.39 is 0 Å². The van der Waals surface area contributed by atoms with Gasteiger partial charge in [0.1, 0.15) is 0 Å². The lowest BCUT2D eigenvalue weighted by Gasteiger charge is -2.04. The first-order valence-corrected chi connectivity index (χ1v) is 6.70. The maximum Gasteiger partial charge on any atom is 0.0695 e. The molecule has 98 valence electrons. The molecular formula is C14H11Cl3N2. The van der Waals surface area contributed by atoms with Crippen LogP contribution in [0.1, 0.15) is 11.1 Å². The van der Waals surface area contributed by atoms with Gasteiger partial charge in [-0.25, -0.2) is 0 Å². The van der Waals surface area contributed by atoms with Crippen LogP contribution in [-0.4, -0.2) is 6.21 Å². The highest BCUT2D eigenvalue weighted by Crippen LogP contribution is 2.30. The van der Waals surface area contributed by atoms with Gasteiger partial charge < -0.3 is 0 Å². The van der Waals surface area contributed by atoms with Gasteiger partial charge in [0.25, 0.3) is 0 Å². The van der Waals surface area contributed by atoms with E-state index in [1.165, 1.54) is 5.56 Å². The second kappa shape index (κ2) is 6.29. The molecule has 2 rings (SSSR count). The van der Waals surface area contributed by atoms with Crippen molar-refractivity contribution in [3.63, 3.8) is 0 Å². The van der Waals surface area contributed by atoms with Crippen LogP contribution >= 0.6 is 34.8 Å². The Balaban J connectivity index is 2.15. The molecule has 0 aliphatic heterocycles. The molecule has 0 spiro atoms. The van der Waals surface area contributed by atoms with Gasteiger partial charge in [-0.2, -0.15) is 5.10 Å². The molecule has 0 fully saturated rings. The molecule has 0 saturated carbocycles. The molecule has 0 radical (unpaired) electrons. The van der Waals surface area contributed by atoms with Crippen molar-refractivity contribution in [2.24, 2.45) is 5.10 Å². The molecule has 0 aromatic heterocycles. The molecule has 0 amide bonds. The van der Waals surface area contributed by atoms with Crippen molar-refractivity contribution in [1.29, 1.82) is 0 Å². The Hall–Kier alpha value is -1.22. The van der Waals surface area contributed by atoms with Gasteiger partial charge in [0.05, 0.1) is 27.0 Å². The highest BCUT2D eigenvalue weighted by Gasteiger charge is 2.07. The van der Waals surface area contributed by atoms with E-state index in [0.29, 0.717) is 20.6 Å². The van der Waals surface area contributed by atoms with E-state index in [-0.39, 0.29) is 0 Å². The number of hydrogen-bond donors (Lipinski definition) is 1. The molecule has 0 atom stereocenters. The largest absolute Gasteiger partial charge is 0.279 e. The van der Waals surface area contributed by atoms with E-state index in [9.17, 15) is 0 Å². The van der Waals surface area contributed by atoms with Crippen molar-refractivity contribution >= 4 is 46.7 Å². The standard InChI is InChI=1S/C14H11Cl3N2/c1-9-2-4-10(5-3-9)19-18-8-11-12(15)6-7-13(16)14(11)17/h2-8,19H,1H3/b18-8+. The summed E-state index contributed by atoms with van der Waals surface area (Å²) in [6, 6.07) is 11.2. The van der Waals surface area contributed by atoms with Crippen LogP contribution in [0.5, 0.6) is 0 Å². The van der Waals surface area contributed by atoms with Crippen molar-refractivity contribution in [2.45, 2.75) is 6.92 Å². The summed E-state index contributed by atoms with van der Waals surface area (Å²) < 4.78 is 0. The molecule has 19 heavy (non-hydrogen) atoms. The number of halogens is 3. The third-order valence-corrected chi connectivity index (χ3v) is 3.67. The highest BCUT2D eigenvalue weighted by molar-refractivity contribution is 6.45. The third kappa shape index (κ3) is 3.63. The fourth-order valence-electron chi connectivity index (χ4n) is 1.46. The first kappa shape index (κ1) is 14.2. The van der Waals surface area contributed by atoms with Gasteiger partial charge in [-0.1, -0.05) is 52.5 Å². The lowest BCUT2D eigenvalue weighted by molar-refractivity contribution is 1.34. The number of benzene rings is 2. The van der Waals surface area contributed by atoms with Crippen molar-refractivity contribution in [3.05, 3.63) is 62.6 Å². The van der Waals surface area contributed by atoms with Crippen LogP contribution in [-0.2, 0) is 0 Å². The lowest BCUT2D eigenvalue weighted by atomic mass is 10.2. The number of anilines is 1. The summed E-state index contributed by atoms with van der Waals surface area (Å²) in [6.07, 6.45) is 1.55. The highest BCUT2D eigenvalue weighted by atomic mass is 35.5. The summed E-state index contributed by atoms with van der Waals surface area (Å²) >= 11 is 18.0. The van der Waals surface area contributed by atoms with Crippen LogP contribution in [0.25, 0.3) is 0 Å². The molecule has 0 saturated heterocycles. The van der Waals surface area contributed by atoms with Crippen LogP contribution in [0.2, 0.25) is 15.1 Å². The fraction of sp³-hybridized carbons (Fsp3) is 0.0714. The molecule has 2 aromatic rings. The molecule has 0 heterocycles. The van der Waals surface area contributed by atoms with E-state index >= 15 is 0 Å². The molecular weight excluding hydrogens is 303 g/mol. The lowest BCUT2D eigenvalue weighted by Crippen LogP contribution is -1.92. The fourth-order valence-corrected chi connectivity index (χ4v) is 2.09. The summed E-state index contributed by atoms with van der Waals surface area (Å²) in [5.41, 5.74) is 5.57. The number of nitrogens with one attached hydrogen (secondary N) is 1. The average Bonchev–Trinajstić information content (AvgIpc) is 2.40. The van der Waals surface area contributed by atoms with Gasteiger partial charge in [-0.05, 0) is 31.2 Å². The molecule has 0 bridgehead atoms. The summed E-state index contributed by atoms with van der Waals surface area (Å²) in [4.78, 5) is 0. The molecule has 0 aliphatic carbocycles. The molecule has 0 aliphatic rings. The Morgan fingerprint density at radius 1 is 0.947 bits per heavy atom. The SMILES string of the molecule is Cc1ccc(N/N=C/c2c(Cl)ccc(Cl)c2Cl)cc1. The first-order chi connectivity index (χ1) is 9.08. The minimum absolute atomic E-state index is 0.392. The van der Waals surface area contributed by atoms with Crippen molar-refractivity contribution < 1.29 is 0 Å². The average molecular weight is 314 g/mol. The smallest absolute Gasteiger partial charge is 0.0695 e. The quantitative estimate of drug-likeness (QED) is 0.458. The predicted molar refractivity (Wildman–Crippen MR) is 83.9 cm³/mol. The van der Waals surface area contributed by atoms with Gasteiger partial charge in [0.15, 0.2) is 0 Å². The predicted octanol–water partition coefficient (Wildman–Crippen LogP) is 5.40. The van der Waals surface area contributed by atoms with E-state index in [2.05, 4.69) is 10.5 Å². The van der Waals surface area contributed by atoms with E-state index in [1.807, 2.05) is 31.2 Å². The molecule has 2 nitrogen and oxygen atoms in total. The number of rotatable bonds is 3. The van der Waals surface area contributed by atoms with Gasteiger partial charge in [0.2, 0.25) is 0 Å². The van der Waals surface area contributed by atoms with Crippen molar-refractivity contribution in [2.75, 3.05) is 5.43 Å². The summed E-state index contributed by atoms with van der Waals surface area (Å²) in [5, 5.41) is 5.44. The minimum atomic E-state index is 0.392. The van der Waals surface area contributed by atoms with E-state index in [0.717, 1.165) is 5.69 Å². The zero-order chi connectivity index (χ0) is 13.8. The van der Waals surface area contributed by atoms with Gasteiger partial charge in [0, 0.05) is 5.56 Å². The zero-order valence-corrected chi connectivity index (χ0v) is 12.4. The molecule has 5 heteroatoms. The van der Waals surface area contributed by atoms with Crippen LogP contribution in [0.4, 0.5) is 5.69 Å². The second-order valence-electron chi connectivity index (χ2n) is 3.99. The molecule has 1 N–H and O–H groups in total. The topological polar surface area (TPSA) is 24.4 Å². The molecule has 0 unspecified atom stereocenters. The number of aryl methyl sites for hydroxylation is 1. The zero-order valence-electron chi connectivity index (χ0n) is 10.1. The second-order valence-corrected chi connectivity index (χ2v) is 5.19. The monoisotopic (exact) mass is 312 g/mol. The van der Waals surface area contributed by atoms with Crippen LogP contribution in [0.15, 0.2) is 41.5 Å².